The molecular weight excluding hydrogens is 166 g/mol. The first-order valence-corrected chi connectivity index (χ1v) is 5.10. The van der Waals surface area contributed by atoms with Crippen LogP contribution in [0.5, 0.6) is 0 Å². The quantitative estimate of drug-likeness (QED) is 0.658. The van der Waals surface area contributed by atoms with E-state index < -0.39 is 5.97 Å². The summed E-state index contributed by atoms with van der Waals surface area (Å²) < 4.78 is 0. The summed E-state index contributed by atoms with van der Waals surface area (Å²) in [5.74, 6) is -0.702. The van der Waals surface area contributed by atoms with E-state index in [1.54, 1.807) is 0 Å². The van der Waals surface area contributed by atoms with Crippen molar-refractivity contribution in [1.29, 1.82) is 0 Å². The average molecular weight is 185 g/mol. The van der Waals surface area contributed by atoms with Gasteiger partial charge in [0.15, 0.2) is 0 Å². The molecule has 0 aliphatic heterocycles. The molecule has 76 valence electrons. The fraction of sp³-hybridized carbons (Fsp3) is 0.900. The summed E-state index contributed by atoms with van der Waals surface area (Å²) in [7, 11) is 0. The van der Waals surface area contributed by atoms with Crippen molar-refractivity contribution >= 4 is 5.97 Å². The van der Waals surface area contributed by atoms with Crippen LogP contribution in [-0.4, -0.2) is 17.6 Å². The molecular formula is C10H19NO2. The number of carbonyl (C=O) groups is 1. The van der Waals surface area contributed by atoms with Crippen LogP contribution >= 0.6 is 0 Å². The van der Waals surface area contributed by atoms with Gasteiger partial charge in [-0.1, -0.05) is 25.7 Å². The van der Waals surface area contributed by atoms with E-state index in [0.717, 1.165) is 25.7 Å². The molecule has 1 aliphatic rings. The number of carboxylic acid groups (broad SMARTS) is 1. The van der Waals surface area contributed by atoms with Crippen molar-refractivity contribution in [1.82, 2.24) is 0 Å². The fourth-order valence-corrected chi connectivity index (χ4v) is 2.25. The molecule has 3 nitrogen and oxygen atoms in total. The maximum Gasteiger partial charge on any atom is 0.303 e. The van der Waals surface area contributed by atoms with Crippen LogP contribution in [-0.2, 0) is 4.79 Å². The van der Waals surface area contributed by atoms with Crippen molar-refractivity contribution in [2.75, 3.05) is 6.54 Å². The molecule has 0 aromatic heterocycles. The molecule has 1 saturated carbocycles. The van der Waals surface area contributed by atoms with Crippen LogP contribution in [0, 0.1) is 5.41 Å². The second-order valence-electron chi connectivity index (χ2n) is 4.19. The van der Waals surface area contributed by atoms with Crippen molar-refractivity contribution in [3.05, 3.63) is 0 Å². The Hall–Kier alpha value is -0.570. The van der Waals surface area contributed by atoms with Gasteiger partial charge < -0.3 is 10.8 Å². The van der Waals surface area contributed by atoms with Gasteiger partial charge in [-0.25, -0.2) is 0 Å². The summed E-state index contributed by atoms with van der Waals surface area (Å²) in [6, 6.07) is 0. The van der Waals surface area contributed by atoms with Crippen molar-refractivity contribution in [2.45, 2.75) is 44.9 Å². The largest absolute Gasteiger partial charge is 0.481 e. The summed E-state index contributed by atoms with van der Waals surface area (Å²) >= 11 is 0. The summed E-state index contributed by atoms with van der Waals surface area (Å²) in [5.41, 5.74) is 5.60. The fourth-order valence-electron chi connectivity index (χ4n) is 2.25. The average Bonchev–Trinajstić information content (AvgIpc) is 2.30. The number of rotatable bonds is 3. The van der Waals surface area contributed by atoms with Gasteiger partial charge in [0, 0.05) is 0 Å². The maximum atomic E-state index is 10.7. The first kappa shape index (κ1) is 10.5. The summed E-state index contributed by atoms with van der Waals surface area (Å²) in [5, 5.41) is 8.80. The van der Waals surface area contributed by atoms with Crippen molar-refractivity contribution < 1.29 is 9.90 Å². The molecule has 0 saturated heterocycles. The Labute approximate surface area is 79.3 Å². The van der Waals surface area contributed by atoms with Gasteiger partial charge in [-0.05, 0) is 24.8 Å². The van der Waals surface area contributed by atoms with E-state index in [1.165, 1.54) is 12.8 Å². The summed E-state index contributed by atoms with van der Waals surface area (Å²) in [4.78, 5) is 10.7. The van der Waals surface area contributed by atoms with Crippen molar-refractivity contribution in [3.8, 4) is 0 Å². The number of carboxylic acids is 1. The second kappa shape index (κ2) is 4.61. The van der Waals surface area contributed by atoms with E-state index in [2.05, 4.69) is 0 Å². The van der Waals surface area contributed by atoms with Gasteiger partial charge >= 0.3 is 5.97 Å². The van der Waals surface area contributed by atoms with Gasteiger partial charge in [0.1, 0.15) is 0 Å². The Bertz CT molecular complexity index is 172. The van der Waals surface area contributed by atoms with Crippen LogP contribution in [0.1, 0.15) is 44.9 Å². The molecule has 1 aliphatic carbocycles. The highest BCUT2D eigenvalue weighted by Gasteiger charge is 2.31. The third kappa shape index (κ3) is 2.99. The third-order valence-electron chi connectivity index (χ3n) is 3.12. The number of aliphatic carboxylic acids is 1. The lowest BCUT2D eigenvalue weighted by Gasteiger charge is -2.29. The van der Waals surface area contributed by atoms with Crippen LogP contribution in [0.25, 0.3) is 0 Å². The van der Waals surface area contributed by atoms with Gasteiger partial charge in [0.25, 0.3) is 0 Å². The van der Waals surface area contributed by atoms with E-state index in [4.69, 9.17) is 10.8 Å². The van der Waals surface area contributed by atoms with Gasteiger partial charge in [-0.2, -0.15) is 0 Å². The van der Waals surface area contributed by atoms with E-state index in [0.29, 0.717) is 6.54 Å². The predicted molar refractivity (Wildman–Crippen MR) is 51.4 cm³/mol. The topological polar surface area (TPSA) is 63.3 Å². The molecule has 0 atom stereocenters. The number of nitrogens with two attached hydrogens (primary N) is 1. The predicted octanol–water partition coefficient (Wildman–Crippen LogP) is 1.76. The highest BCUT2D eigenvalue weighted by molar-refractivity contribution is 5.67. The van der Waals surface area contributed by atoms with E-state index in [9.17, 15) is 4.79 Å². The van der Waals surface area contributed by atoms with Gasteiger partial charge in [-0.3, -0.25) is 4.79 Å². The van der Waals surface area contributed by atoms with Crippen molar-refractivity contribution in [3.63, 3.8) is 0 Å². The smallest absolute Gasteiger partial charge is 0.303 e. The molecule has 3 heteroatoms. The molecule has 0 unspecified atom stereocenters. The van der Waals surface area contributed by atoms with E-state index in [1.807, 2.05) is 0 Å². The Morgan fingerprint density at radius 1 is 1.23 bits per heavy atom. The Morgan fingerprint density at radius 3 is 2.15 bits per heavy atom. The van der Waals surface area contributed by atoms with E-state index >= 15 is 0 Å². The molecule has 3 N–H and O–H groups in total. The molecule has 1 rings (SSSR count). The van der Waals surface area contributed by atoms with E-state index in [-0.39, 0.29) is 11.8 Å². The van der Waals surface area contributed by atoms with Gasteiger partial charge in [0.2, 0.25) is 0 Å². The third-order valence-corrected chi connectivity index (χ3v) is 3.12. The Balaban J connectivity index is 2.58. The summed E-state index contributed by atoms with van der Waals surface area (Å²) in [6.45, 7) is 0.527. The molecule has 0 bridgehead atoms. The lowest BCUT2D eigenvalue weighted by Crippen LogP contribution is -2.32. The van der Waals surface area contributed by atoms with Gasteiger partial charge in [-0.15, -0.1) is 0 Å². The normalized spacial score (nSPS) is 22.2. The van der Waals surface area contributed by atoms with Crippen LogP contribution in [0.15, 0.2) is 0 Å². The van der Waals surface area contributed by atoms with Crippen LogP contribution in [0.3, 0.4) is 0 Å². The van der Waals surface area contributed by atoms with Crippen LogP contribution in [0.2, 0.25) is 0 Å². The zero-order valence-electron chi connectivity index (χ0n) is 8.09. The summed E-state index contributed by atoms with van der Waals surface area (Å²) in [6.07, 6.45) is 7.01. The first-order valence-electron chi connectivity index (χ1n) is 5.10. The minimum Gasteiger partial charge on any atom is -0.481 e. The minimum absolute atomic E-state index is 0.0949. The molecule has 0 heterocycles. The Kier molecular flexibility index (Phi) is 3.72. The molecule has 0 aromatic rings. The number of hydrogen-bond donors (Lipinski definition) is 2. The standard InChI is InChI=1S/C10H19NO2/c11-8-10(7-9(12)13)5-3-1-2-4-6-10/h1-8,11H2,(H,12,13). The number of hydrogen-bond acceptors (Lipinski definition) is 2. The molecule has 0 spiro atoms. The molecule has 0 amide bonds. The highest BCUT2D eigenvalue weighted by atomic mass is 16.4. The minimum atomic E-state index is -0.702. The molecule has 0 radical (unpaired) electrons. The first-order chi connectivity index (χ1) is 6.18. The van der Waals surface area contributed by atoms with Crippen LogP contribution < -0.4 is 5.73 Å². The second-order valence-corrected chi connectivity index (χ2v) is 4.19. The maximum absolute atomic E-state index is 10.7. The Morgan fingerprint density at radius 2 is 1.77 bits per heavy atom. The van der Waals surface area contributed by atoms with Crippen LogP contribution in [0.4, 0.5) is 0 Å². The monoisotopic (exact) mass is 185 g/mol. The van der Waals surface area contributed by atoms with Crippen molar-refractivity contribution in [2.24, 2.45) is 11.1 Å². The zero-order valence-corrected chi connectivity index (χ0v) is 8.09. The lowest BCUT2D eigenvalue weighted by atomic mass is 9.77. The molecule has 0 aromatic carbocycles. The zero-order chi connectivity index (χ0) is 9.73. The highest BCUT2D eigenvalue weighted by Crippen LogP contribution is 2.36. The molecule has 1 fully saturated rings. The SMILES string of the molecule is NCC1(CC(=O)O)CCCCCC1. The molecule has 13 heavy (non-hydrogen) atoms. The lowest BCUT2D eigenvalue weighted by molar-refractivity contribution is -0.139. The van der Waals surface area contributed by atoms with Gasteiger partial charge in [0.05, 0.1) is 6.42 Å².